The predicted molar refractivity (Wildman–Crippen MR) is 94.6 cm³/mol. The lowest BCUT2D eigenvalue weighted by molar-refractivity contribution is 0.0947. The van der Waals surface area contributed by atoms with Crippen molar-refractivity contribution in [3.8, 4) is 0 Å². The summed E-state index contributed by atoms with van der Waals surface area (Å²) in [5, 5.41) is 12.1. The summed E-state index contributed by atoms with van der Waals surface area (Å²) in [6, 6.07) is 1.63. The molecule has 0 aromatic carbocycles. The van der Waals surface area contributed by atoms with Crippen LogP contribution in [0.15, 0.2) is 22.9 Å². The van der Waals surface area contributed by atoms with Crippen LogP contribution in [0.3, 0.4) is 0 Å². The van der Waals surface area contributed by atoms with Crippen molar-refractivity contribution < 1.29 is 4.79 Å². The Morgan fingerprint density at radius 3 is 2.88 bits per heavy atom. The molecule has 24 heavy (non-hydrogen) atoms. The van der Waals surface area contributed by atoms with Crippen molar-refractivity contribution in [2.75, 3.05) is 6.54 Å². The third-order valence-corrected chi connectivity index (χ3v) is 4.69. The molecule has 7 nitrogen and oxygen atoms in total. The van der Waals surface area contributed by atoms with E-state index in [1.54, 1.807) is 34.6 Å². The SMILES string of the molecule is Cc1nn(CCCNC(=O)c2cc3ncc(Br)cn3n2)c(Cl)c1Cl. The van der Waals surface area contributed by atoms with E-state index in [4.69, 9.17) is 23.2 Å². The van der Waals surface area contributed by atoms with Crippen molar-refractivity contribution in [3.63, 3.8) is 0 Å². The summed E-state index contributed by atoms with van der Waals surface area (Å²) in [5.74, 6) is -0.252. The molecule has 0 radical (unpaired) electrons. The van der Waals surface area contributed by atoms with E-state index in [1.807, 2.05) is 0 Å². The number of aryl methyl sites for hydroxylation is 2. The van der Waals surface area contributed by atoms with E-state index >= 15 is 0 Å². The van der Waals surface area contributed by atoms with Gasteiger partial charge in [0, 0.05) is 31.5 Å². The first kappa shape index (κ1) is 17.2. The normalized spacial score (nSPS) is 11.2. The first-order valence-electron chi connectivity index (χ1n) is 7.13. The molecule has 0 fully saturated rings. The second kappa shape index (κ2) is 7.08. The highest BCUT2D eigenvalue weighted by Gasteiger charge is 2.13. The zero-order valence-electron chi connectivity index (χ0n) is 12.6. The van der Waals surface area contributed by atoms with Crippen molar-refractivity contribution in [1.29, 1.82) is 0 Å². The second-order valence-electron chi connectivity index (χ2n) is 5.13. The summed E-state index contributed by atoms with van der Waals surface area (Å²) < 4.78 is 3.96. The Morgan fingerprint density at radius 2 is 2.17 bits per heavy atom. The Bertz CT molecular complexity index is 906. The van der Waals surface area contributed by atoms with Gasteiger partial charge in [-0.2, -0.15) is 10.2 Å². The van der Waals surface area contributed by atoms with Crippen LogP contribution in [-0.4, -0.2) is 36.8 Å². The highest BCUT2D eigenvalue weighted by atomic mass is 79.9. The van der Waals surface area contributed by atoms with E-state index < -0.39 is 0 Å². The average Bonchev–Trinajstić information content (AvgIpc) is 3.08. The number of hydrogen-bond donors (Lipinski definition) is 1. The van der Waals surface area contributed by atoms with E-state index in [2.05, 4.69) is 36.4 Å². The van der Waals surface area contributed by atoms with Crippen LogP contribution >= 0.6 is 39.1 Å². The van der Waals surface area contributed by atoms with Crippen LogP contribution in [0.4, 0.5) is 0 Å². The highest BCUT2D eigenvalue weighted by Crippen LogP contribution is 2.24. The lowest BCUT2D eigenvalue weighted by Gasteiger charge is -2.04. The fraction of sp³-hybridized carbons (Fsp3) is 0.286. The quantitative estimate of drug-likeness (QED) is 0.629. The summed E-state index contributed by atoms with van der Waals surface area (Å²) in [7, 11) is 0. The van der Waals surface area contributed by atoms with Gasteiger partial charge in [-0.3, -0.25) is 9.48 Å². The molecule has 0 spiro atoms. The Kier molecular flexibility index (Phi) is 5.07. The molecule has 0 aliphatic carbocycles. The topological polar surface area (TPSA) is 77.1 Å². The van der Waals surface area contributed by atoms with E-state index in [0.29, 0.717) is 46.7 Å². The smallest absolute Gasteiger partial charge is 0.271 e. The van der Waals surface area contributed by atoms with Gasteiger partial charge in [0.05, 0.1) is 10.2 Å². The van der Waals surface area contributed by atoms with Crippen LogP contribution in [0, 0.1) is 6.92 Å². The minimum Gasteiger partial charge on any atom is -0.351 e. The third kappa shape index (κ3) is 3.55. The fourth-order valence-electron chi connectivity index (χ4n) is 2.17. The van der Waals surface area contributed by atoms with Gasteiger partial charge >= 0.3 is 0 Å². The molecule has 1 amide bonds. The number of hydrogen-bond acceptors (Lipinski definition) is 4. The van der Waals surface area contributed by atoms with Gasteiger partial charge in [0.2, 0.25) is 0 Å². The van der Waals surface area contributed by atoms with Crippen LogP contribution in [0.25, 0.3) is 5.65 Å². The van der Waals surface area contributed by atoms with Gasteiger partial charge in [-0.15, -0.1) is 0 Å². The Labute approximate surface area is 156 Å². The molecule has 0 atom stereocenters. The van der Waals surface area contributed by atoms with Crippen molar-refractivity contribution >= 4 is 50.7 Å². The molecule has 0 aliphatic heterocycles. The second-order valence-corrected chi connectivity index (χ2v) is 6.78. The lowest BCUT2D eigenvalue weighted by Crippen LogP contribution is -2.25. The maximum Gasteiger partial charge on any atom is 0.271 e. The summed E-state index contributed by atoms with van der Waals surface area (Å²) in [5.41, 5.74) is 1.61. The fourth-order valence-corrected chi connectivity index (χ4v) is 2.86. The number of nitrogens with zero attached hydrogens (tertiary/aromatic N) is 5. The first-order valence-corrected chi connectivity index (χ1v) is 8.68. The summed E-state index contributed by atoms with van der Waals surface area (Å²) in [6.45, 7) is 2.82. The number of halogens is 3. The summed E-state index contributed by atoms with van der Waals surface area (Å²) in [4.78, 5) is 16.3. The van der Waals surface area contributed by atoms with E-state index in [0.717, 1.165) is 4.47 Å². The van der Waals surface area contributed by atoms with Gasteiger partial charge in [0.15, 0.2) is 11.3 Å². The standard InChI is InChI=1S/C14H13BrCl2N6O/c1-8-12(16)13(17)22(20-8)4-2-3-18-14(24)10-5-11-19-6-9(15)7-23(11)21-10/h5-7H,2-4H2,1H3,(H,18,24). The van der Waals surface area contributed by atoms with Crippen LogP contribution in [0.1, 0.15) is 22.6 Å². The number of nitrogens with one attached hydrogen (secondary N) is 1. The molecule has 3 aromatic heterocycles. The van der Waals surface area contributed by atoms with Gasteiger partial charge < -0.3 is 5.32 Å². The van der Waals surface area contributed by atoms with Gasteiger partial charge in [0.1, 0.15) is 10.2 Å². The minimum absolute atomic E-state index is 0.252. The monoisotopic (exact) mass is 430 g/mol. The molecule has 0 bridgehead atoms. The van der Waals surface area contributed by atoms with Gasteiger partial charge in [-0.25, -0.2) is 9.50 Å². The summed E-state index contributed by atoms with van der Waals surface area (Å²) in [6.07, 6.45) is 4.06. The van der Waals surface area contributed by atoms with Gasteiger partial charge in [-0.05, 0) is 29.3 Å². The molecule has 3 aromatic rings. The third-order valence-electron chi connectivity index (χ3n) is 3.34. The van der Waals surface area contributed by atoms with Crippen LogP contribution in [-0.2, 0) is 6.54 Å². The number of carbonyl (C=O) groups is 1. The number of fused-ring (bicyclic) bond motifs is 1. The zero-order chi connectivity index (χ0) is 17.3. The number of aromatic nitrogens is 5. The maximum atomic E-state index is 12.1. The molecular weight excluding hydrogens is 419 g/mol. The minimum atomic E-state index is -0.252. The average molecular weight is 432 g/mol. The van der Waals surface area contributed by atoms with E-state index in [9.17, 15) is 4.79 Å². The Hall–Kier alpha value is -1.64. The van der Waals surface area contributed by atoms with Crippen molar-refractivity contribution in [2.45, 2.75) is 19.9 Å². The maximum absolute atomic E-state index is 12.1. The number of rotatable bonds is 5. The molecule has 0 unspecified atom stereocenters. The molecule has 10 heteroatoms. The van der Waals surface area contributed by atoms with E-state index in [1.165, 1.54) is 0 Å². The lowest BCUT2D eigenvalue weighted by atomic mass is 10.3. The summed E-state index contributed by atoms with van der Waals surface area (Å²) >= 11 is 15.4. The molecule has 0 aliphatic rings. The van der Waals surface area contributed by atoms with Crippen molar-refractivity contribution in [2.24, 2.45) is 0 Å². The first-order chi connectivity index (χ1) is 11.5. The molecular formula is C14H13BrCl2N6O. The number of amides is 1. The van der Waals surface area contributed by atoms with Gasteiger partial charge in [0.25, 0.3) is 5.91 Å². The molecule has 3 heterocycles. The highest BCUT2D eigenvalue weighted by molar-refractivity contribution is 9.10. The molecule has 0 saturated carbocycles. The van der Waals surface area contributed by atoms with Crippen molar-refractivity contribution in [1.82, 2.24) is 29.7 Å². The molecule has 3 rings (SSSR count). The van der Waals surface area contributed by atoms with Crippen molar-refractivity contribution in [3.05, 3.63) is 44.5 Å². The van der Waals surface area contributed by atoms with Gasteiger partial charge in [-0.1, -0.05) is 23.2 Å². The molecule has 1 N–H and O–H groups in total. The number of carbonyl (C=O) groups excluding carboxylic acids is 1. The largest absolute Gasteiger partial charge is 0.351 e. The Balaban J connectivity index is 1.56. The van der Waals surface area contributed by atoms with E-state index in [-0.39, 0.29) is 5.91 Å². The Morgan fingerprint density at radius 1 is 1.38 bits per heavy atom. The molecule has 126 valence electrons. The van der Waals surface area contributed by atoms with Crippen LogP contribution in [0.5, 0.6) is 0 Å². The molecule has 0 saturated heterocycles. The predicted octanol–water partition coefficient (Wildman–Crippen LogP) is 3.12. The zero-order valence-corrected chi connectivity index (χ0v) is 15.7. The van der Waals surface area contributed by atoms with Crippen LogP contribution in [0.2, 0.25) is 10.2 Å². The van der Waals surface area contributed by atoms with Crippen LogP contribution < -0.4 is 5.32 Å².